The van der Waals surface area contributed by atoms with E-state index in [4.69, 9.17) is 20.4 Å². The lowest BCUT2D eigenvalue weighted by atomic mass is 10.2. The summed E-state index contributed by atoms with van der Waals surface area (Å²) in [5.74, 6) is 1.92. The van der Waals surface area contributed by atoms with Gasteiger partial charge in [0.05, 0.1) is 18.9 Å². The summed E-state index contributed by atoms with van der Waals surface area (Å²) in [6, 6.07) is 9.55. The van der Waals surface area contributed by atoms with E-state index >= 15 is 0 Å². The second-order valence-electron chi connectivity index (χ2n) is 6.22. The molecule has 3 aromatic heterocycles. The molecule has 1 aliphatic heterocycles. The number of hydrogen-bond acceptors (Lipinski definition) is 8. The lowest BCUT2D eigenvalue weighted by Gasteiger charge is -2.27. The maximum Gasteiger partial charge on any atom is 0.228 e. The van der Waals surface area contributed by atoms with Crippen molar-refractivity contribution in [2.24, 2.45) is 0 Å². The number of nitrogens with two attached hydrogens (primary N) is 1. The number of morpholine rings is 1. The van der Waals surface area contributed by atoms with Crippen LogP contribution in [0.1, 0.15) is 5.56 Å². The van der Waals surface area contributed by atoms with E-state index in [2.05, 4.69) is 20.2 Å². The summed E-state index contributed by atoms with van der Waals surface area (Å²) in [6.07, 6.45) is 5.32. The predicted molar refractivity (Wildman–Crippen MR) is 104 cm³/mol. The maximum absolute atomic E-state index is 5.71. The van der Waals surface area contributed by atoms with Crippen LogP contribution in [-0.2, 0) is 11.3 Å². The topological polar surface area (TPSA) is 102 Å². The van der Waals surface area contributed by atoms with Crippen LogP contribution in [0.5, 0.6) is 0 Å². The number of hydrogen-bond donors (Lipinski definition) is 2. The Balaban J connectivity index is 1.64. The summed E-state index contributed by atoms with van der Waals surface area (Å²) in [6.45, 7) is 3.52. The molecule has 0 unspecified atom stereocenters. The third kappa shape index (κ3) is 4.29. The molecule has 1 fully saturated rings. The summed E-state index contributed by atoms with van der Waals surface area (Å²) in [5.41, 5.74) is 8.49. The first-order valence-corrected chi connectivity index (χ1v) is 8.84. The van der Waals surface area contributed by atoms with Gasteiger partial charge in [-0.3, -0.25) is 4.98 Å². The molecule has 0 atom stereocenters. The largest absolute Gasteiger partial charge is 0.384 e. The zero-order valence-corrected chi connectivity index (χ0v) is 14.9. The summed E-state index contributed by atoms with van der Waals surface area (Å²) in [7, 11) is 0. The first-order chi connectivity index (χ1) is 13.3. The number of nitrogens with one attached hydrogen (secondary N) is 1. The molecule has 1 aliphatic rings. The van der Waals surface area contributed by atoms with Gasteiger partial charge in [0.15, 0.2) is 0 Å². The van der Waals surface area contributed by atoms with Crippen LogP contribution in [0.4, 0.5) is 17.6 Å². The minimum Gasteiger partial charge on any atom is -0.384 e. The lowest BCUT2D eigenvalue weighted by molar-refractivity contribution is 0.122. The molecule has 27 heavy (non-hydrogen) atoms. The van der Waals surface area contributed by atoms with Gasteiger partial charge in [-0.15, -0.1) is 0 Å². The molecule has 3 aromatic rings. The van der Waals surface area contributed by atoms with Crippen LogP contribution in [0.2, 0.25) is 0 Å². The van der Waals surface area contributed by atoms with Gasteiger partial charge in [0.1, 0.15) is 11.6 Å². The summed E-state index contributed by atoms with van der Waals surface area (Å²) in [4.78, 5) is 19.9. The maximum atomic E-state index is 5.71. The van der Waals surface area contributed by atoms with Crippen LogP contribution in [0.3, 0.4) is 0 Å². The fraction of sp³-hybridized carbons (Fsp3) is 0.263. The third-order valence-corrected chi connectivity index (χ3v) is 4.29. The van der Waals surface area contributed by atoms with Crippen LogP contribution in [0.25, 0.3) is 11.3 Å². The molecule has 0 bridgehead atoms. The van der Waals surface area contributed by atoms with Crippen molar-refractivity contribution in [1.82, 2.24) is 19.9 Å². The van der Waals surface area contributed by atoms with E-state index in [1.54, 1.807) is 18.5 Å². The van der Waals surface area contributed by atoms with E-state index in [1.807, 2.05) is 30.5 Å². The zero-order chi connectivity index (χ0) is 18.5. The number of pyridine rings is 2. The molecule has 8 heteroatoms. The second kappa shape index (κ2) is 7.96. The highest BCUT2D eigenvalue weighted by atomic mass is 16.5. The van der Waals surface area contributed by atoms with Gasteiger partial charge < -0.3 is 20.7 Å². The van der Waals surface area contributed by atoms with Crippen LogP contribution in [-0.4, -0.2) is 46.2 Å². The number of rotatable bonds is 5. The number of nitrogens with zero attached hydrogens (tertiary/aromatic N) is 5. The normalized spacial score (nSPS) is 14.1. The fourth-order valence-corrected chi connectivity index (χ4v) is 2.83. The first kappa shape index (κ1) is 17.2. The van der Waals surface area contributed by atoms with Crippen molar-refractivity contribution in [2.45, 2.75) is 6.54 Å². The molecular formula is C19H21N7O. The van der Waals surface area contributed by atoms with Gasteiger partial charge >= 0.3 is 0 Å². The Morgan fingerprint density at radius 2 is 2.00 bits per heavy atom. The Labute approximate surface area is 157 Å². The molecule has 0 amide bonds. The molecule has 4 heterocycles. The highest BCUT2D eigenvalue weighted by Gasteiger charge is 2.16. The van der Waals surface area contributed by atoms with Gasteiger partial charge in [-0.1, -0.05) is 6.07 Å². The van der Waals surface area contributed by atoms with E-state index in [9.17, 15) is 0 Å². The fourth-order valence-electron chi connectivity index (χ4n) is 2.83. The Hall–Kier alpha value is -3.26. The minimum absolute atomic E-state index is 0.483. The highest BCUT2D eigenvalue weighted by Crippen LogP contribution is 2.24. The van der Waals surface area contributed by atoms with Crippen molar-refractivity contribution < 1.29 is 4.74 Å². The van der Waals surface area contributed by atoms with Gasteiger partial charge in [0.2, 0.25) is 5.95 Å². The predicted octanol–water partition coefficient (Wildman–Crippen LogP) is 1.96. The Bertz CT molecular complexity index is 880. The molecule has 1 saturated heterocycles. The molecule has 3 N–H and O–H groups in total. The van der Waals surface area contributed by atoms with Crippen LogP contribution in [0, 0.1) is 0 Å². The zero-order valence-electron chi connectivity index (χ0n) is 14.9. The van der Waals surface area contributed by atoms with E-state index in [-0.39, 0.29) is 0 Å². The number of anilines is 3. The Kier molecular flexibility index (Phi) is 5.06. The summed E-state index contributed by atoms with van der Waals surface area (Å²) >= 11 is 0. The molecule has 0 aromatic carbocycles. The van der Waals surface area contributed by atoms with E-state index in [0.717, 1.165) is 35.7 Å². The standard InChI is InChI=1S/C19H21N7O/c20-17-4-3-15(13-22-17)16-10-18(23-12-14-2-1-5-21-11-14)25-19(24-16)26-6-8-27-9-7-26/h1-5,10-11,13H,6-9,12H2,(H2,20,22)(H,23,24,25). The smallest absolute Gasteiger partial charge is 0.228 e. The van der Waals surface area contributed by atoms with Crippen molar-refractivity contribution in [3.8, 4) is 11.3 Å². The molecule has 0 aliphatic carbocycles. The number of ether oxygens (including phenoxy) is 1. The summed E-state index contributed by atoms with van der Waals surface area (Å²) < 4.78 is 5.44. The highest BCUT2D eigenvalue weighted by molar-refractivity contribution is 5.64. The van der Waals surface area contributed by atoms with Crippen LogP contribution in [0.15, 0.2) is 48.9 Å². The number of nitrogen functional groups attached to an aromatic ring is 1. The lowest BCUT2D eigenvalue weighted by Crippen LogP contribution is -2.37. The molecule has 0 radical (unpaired) electrons. The van der Waals surface area contributed by atoms with Gasteiger partial charge in [0.25, 0.3) is 0 Å². The van der Waals surface area contributed by atoms with Crippen molar-refractivity contribution in [1.29, 1.82) is 0 Å². The Morgan fingerprint density at radius 1 is 1.11 bits per heavy atom. The van der Waals surface area contributed by atoms with Gasteiger partial charge in [-0.25, -0.2) is 9.97 Å². The van der Waals surface area contributed by atoms with E-state index in [0.29, 0.717) is 31.5 Å². The quantitative estimate of drug-likeness (QED) is 0.709. The van der Waals surface area contributed by atoms with Gasteiger partial charge in [0, 0.05) is 49.9 Å². The van der Waals surface area contributed by atoms with Crippen molar-refractivity contribution in [3.05, 3.63) is 54.5 Å². The second-order valence-corrected chi connectivity index (χ2v) is 6.22. The average Bonchev–Trinajstić information content (AvgIpc) is 2.74. The molecule has 8 nitrogen and oxygen atoms in total. The molecular weight excluding hydrogens is 342 g/mol. The van der Waals surface area contributed by atoms with Crippen LogP contribution >= 0.6 is 0 Å². The van der Waals surface area contributed by atoms with Gasteiger partial charge in [-0.05, 0) is 23.8 Å². The van der Waals surface area contributed by atoms with Crippen molar-refractivity contribution in [3.63, 3.8) is 0 Å². The Morgan fingerprint density at radius 3 is 2.74 bits per heavy atom. The van der Waals surface area contributed by atoms with Crippen molar-refractivity contribution in [2.75, 3.05) is 42.3 Å². The summed E-state index contributed by atoms with van der Waals surface area (Å²) in [5, 5.41) is 3.37. The van der Waals surface area contributed by atoms with Crippen LogP contribution < -0.4 is 16.0 Å². The van der Waals surface area contributed by atoms with Crippen molar-refractivity contribution >= 4 is 17.6 Å². The first-order valence-electron chi connectivity index (χ1n) is 8.84. The van der Waals surface area contributed by atoms with Gasteiger partial charge in [-0.2, -0.15) is 4.98 Å². The van der Waals surface area contributed by atoms with E-state index < -0.39 is 0 Å². The molecule has 4 rings (SSSR count). The monoisotopic (exact) mass is 363 g/mol. The molecule has 0 saturated carbocycles. The third-order valence-electron chi connectivity index (χ3n) is 4.29. The van der Waals surface area contributed by atoms with E-state index in [1.165, 1.54) is 0 Å². The average molecular weight is 363 g/mol. The SMILES string of the molecule is Nc1ccc(-c2cc(NCc3cccnc3)nc(N3CCOCC3)n2)cn1. The number of aromatic nitrogens is 4. The molecule has 0 spiro atoms. The molecule has 138 valence electrons. The minimum atomic E-state index is 0.483.